The molecule has 0 unspecified atom stereocenters. The van der Waals surface area contributed by atoms with Crippen LogP contribution in [0.5, 0.6) is 0 Å². The molecule has 2 aliphatic heterocycles. The molecule has 0 bridgehead atoms. The fraction of sp³-hybridized carbons (Fsp3) is 0.733. The van der Waals surface area contributed by atoms with E-state index in [4.69, 9.17) is 4.84 Å². The van der Waals surface area contributed by atoms with E-state index in [-0.39, 0.29) is 18.7 Å². The van der Waals surface area contributed by atoms with Gasteiger partial charge in [-0.2, -0.15) is 0 Å². The maximum Gasteiger partial charge on any atom is 0.355 e. The maximum absolute atomic E-state index is 12.2. The van der Waals surface area contributed by atoms with E-state index in [9.17, 15) is 19.2 Å². The molecule has 0 aromatic heterocycles. The smallest absolute Gasteiger partial charge is 0.329 e. The monoisotopic (exact) mass is 310 g/mol. The van der Waals surface area contributed by atoms with Crippen molar-refractivity contribution in [2.75, 3.05) is 6.54 Å². The third kappa shape index (κ3) is 3.64. The molecule has 0 aromatic rings. The fourth-order valence-corrected chi connectivity index (χ4v) is 2.79. The van der Waals surface area contributed by atoms with Gasteiger partial charge in [-0.05, 0) is 19.3 Å². The number of hydrogen-bond acceptors (Lipinski definition) is 5. The average molecular weight is 310 g/mol. The number of amides is 3. The van der Waals surface area contributed by atoms with Gasteiger partial charge in [0, 0.05) is 25.8 Å². The zero-order valence-electron chi connectivity index (χ0n) is 12.9. The summed E-state index contributed by atoms with van der Waals surface area (Å²) in [5, 5.41) is 0.542. The molecule has 22 heavy (non-hydrogen) atoms. The van der Waals surface area contributed by atoms with Gasteiger partial charge in [-0.15, -0.1) is 5.06 Å². The van der Waals surface area contributed by atoms with Crippen LogP contribution in [0, 0.1) is 0 Å². The van der Waals surface area contributed by atoms with Crippen molar-refractivity contribution in [3.8, 4) is 0 Å². The summed E-state index contributed by atoms with van der Waals surface area (Å²) in [6.07, 6.45) is 4.59. The van der Waals surface area contributed by atoms with E-state index in [2.05, 4.69) is 6.92 Å². The summed E-state index contributed by atoms with van der Waals surface area (Å²) < 4.78 is 0. The quantitative estimate of drug-likeness (QED) is 0.543. The van der Waals surface area contributed by atoms with Gasteiger partial charge in [0.05, 0.1) is 0 Å². The van der Waals surface area contributed by atoms with Gasteiger partial charge >= 0.3 is 5.97 Å². The lowest BCUT2D eigenvalue weighted by Gasteiger charge is -2.24. The molecule has 7 heteroatoms. The van der Waals surface area contributed by atoms with E-state index < -0.39 is 23.8 Å². The second-order valence-corrected chi connectivity index (χ2v) is 5.69. The van der Waals surface area contributed by atoms with Gasteiger partial charge in [-0.25, -0.2) is 4.79 Å². The third-order valence-corrected chi connectivity index (χ3v) is 4.03. The first-order valence-electron chi connectivity index (χ1n) is 7.91. The molecule has 0 aliphatic carbocycles. The average Bonchev–Trinajstić information content (AvgIpc) is 3.09. The molecule has 0 saturated carbocycles. The van der Waals surface area contributed by atoms with E-state index in [1.54, 1.807) is 0 Å². The first-order chi connectivity index (χ1) is 10.5. The van der Waals surface area contributed by atoms with Crippen LogP contribution in [-0.4, -0.2) is 46.2 Å². The number of carbonyl (C=O) groups excluding carboxylic acids is 4. The Bertz CT molecular complexity index is 461. The predicted molar refractivity (Wildman–Crippen MR) is 76.1 cm³/mol. The van der Waals surface area contributed by atoms with E-state index >= 15 is 0 Å². The van der Waals surface area contributed by atoms with E-state index in [0.29, 0.717) is 24.4 Å². The molecule has 2 saturated heterocycles. The summed E-state index contributed by atoms with van der Waals surface area (Å²) in [5.74, 6) is -1.76. The van der Waals surface area contributed by atoms with Crippen LogP contribution in [0.4, 0.5) is 0 Å². The second-order valence-electron chi connectivity index (χ2n) is 5.69. The first kappa shape index (κ1) is 16.5. The Labute approximate surface area is 129 Å². The number of unbranched alkanes of at least 4 members (excludes halogenated alkanes) is 2. The molecule has 2 heterocycles. The maximum atomic E-state index is 12.2. The van der Waals surface area contributed by atoms with Crippen molar-refractivity contribution < 1.29 is 24.0 Å². The number of rotatable bonds is 6. The standard InChI is InChI=1S/C15H22N2O5/c1-2-3-4-7-12(18)16-10-5-6-11(16)15(21)22-17-13(19)8-9-14(17)20/h11H,2-10H2,1H3/t11-/m0/s1. The van der Waals surface area contributed by atoms with Gasteiger partial charge < -0.3 is 9.74 Å². The fourth-order valence-electron chi connectivity index (χ4n) is 2.79. The Balaban J connectivity index is 1.92. The van der Waals surface area contributed by atoms with Crippen LogP contribution in [0.1, 0.15) is 58.3 Å². The first-order valence-corrected chi connectivity index (χ1v) is 7.91. The summed E-state index contributed by atoms with van der Waals surface area (Å²) in [6.45, 7) is 2.58. The highest BCUT2D eigenvalue weighted by atomic mass is 16.7. The van der Waals surface area contributed by atoms with Crippen molar-refractivity contribution in [2.24, 2.45) is 0 Å². The Hall–Kier alpha value is -1.92. The molecular weight excluding hydrogens is 288 g/mol. The summed E-state index contributed by atoms with van der Waals surface area (Å²) >= 11 is 0. The normalized spacial score (nSPS) is 21.6. The van der Waals surface area contributed by atoms with Crippen molar-refractivity contribution in [1.29, 1.82) is 0 Å². The van der Waals surface area contributed by atoms with Crippen LogP contribution in [0.25, 0.3) is 0 Å². The molecule has 3 amide bonds. The lowest BCUT2D eigenvalue weighted by Crippen LogP contribution is -2.44. The van der Waals surface area contributed by atoms with Crippen LogP contribution in [0.3, 0.4) is 0 Å². The van der Waals surface area contributed by atoms with E-state index in [0.717, 1.165) is 25.7 Å². The number of hydrogen-bond donors (Lipinski definition) is 0. The summed E-state index contributed by atoms with van der Waals surface area (Å²) in [7, 11) is 0. The van der Waals surface area contributed by atoms with Gasteiger partial charge in [-0.1, -0.05) is 19.8 Å². The van der Waals surface area contributed by atoms with Gasteiger partial charge in [-0.3, -0.25) is 14.4 Å². The number of likely N-dealkylation sites (tertiary alicyclic amines) is 1. The third-order valence-electron chi connectivity index (χ3n) is 4.03. The van der Waals surface area contributed by atoms with Crippen molar-refractivity contribution in [3.63, 3.8) is 0 Å². The highest BCUT2D eigenvalue weighted by Crippen LogP contribution is 2.22. The number of nitrogens with zero attached hydrogens (tertiary/aromatic N) is 2. The van der Waals surface area contributed by atoms with Gasteiger partial charge in [0.2, 0.25) is 5.91 Å². The number of carbonyl (C=O) groups is 4. The summed E-state index contributed by atoms with van der Waals surface area (Å²) in [5.41, 5.74) is 0. The predicted octanol–water partition coefficient (Wildman–Crippen LogP) is 1.16. The molecule has 2 fully saturated rings. The lowest BCUT2D eigenvalue weighted by atomic mass is 10.1. The van der Waals surface area contributed by atoms with Gasteiger partial charge in [0.1, 0.15) is 6.04 Å². The van der Waals surface area contributed by atoms with E-state index in [1.165, 1.54) is 4.90 Å². The minimum atomic E-state index is -0.690. The zero-order chi connectivity index (χ0) is 16.1. The van der Waals surface area contributed by atoms with Crippen LogP contribution < -0.4 is 0 Å². The van der Waals surface area contributed by atoms with Crippen molar-refractivity contribution >= 4 is 23.7 Å². The number of hydroxylamine groups is 2. The molecule has 2 rings (SSSR count). The van der Waals surface area contributed by atoms with Crippen molar-refractivity contribution in [2.45, 2.75) is 64.3 Å². The Morgan fingerprint density at radius 3 is 2.50 bits per heavy atom. The number of imide groups is 1. The SMILES string of the molecule is CCCCCC(=O)N1CCC[C@H]1C(=O)ON1C(=O)CCC1=O. The molecule has 2 aliphatic rings. The highest BCUT2D eigenvalue weighted by molar-refractivity contribution is 6.02. The Morgan fingerprint density at radius 2 is 1.86 bits per heavy atom. The van der Waals surface area contributed by atoms with Gasteiger partial charge in [0.25, 0.3) is 11.8 Å². The molecule has 122 valence electrons. The molecule has 0 aromatic carbocycles. The molecule has 0 radical (unpaired) electrons. The molecule has 7 nitrogen and oxygen atoms in total. The molecule has 1 atom stereocenters. The highest BCUT2D eigenvalue weighted by Gasteiger charge is 2.39. The Morgan fingerprint density at radius 1 is 1.18 bits per heavy atom. The molecule has 0 spiro atoms. The largest absolute Gasteiger partial charge is 0.355 e. The zero-order valence-corrected chi connectivity index (χ0v) is 12.9. The second kappa shape index (κ2) is 7.38. The lowest BCUT2D eigenvalue weighted by molar-refractivity contribution is -0.200. The van der Waals surface area contributed by atoms with Crippen LogP contribution in [-0.2, 0) is 24.0 Å². The van der Waals surface area contributed by atoms with E-state index in [1.807, 2.05) is 0 Å². The van der Waals surface area contributed by atoms with Crippen molar-refractivity contribution in [3.05, 3.63) is 0 Å². The summed E-state index contributed by atoms with van der Waals surface area (Å²) in [6, 6.07) is -0.685. The Kier molecular flexibility index (Phi) is 5.51. The van der Waals surface area contributed by atoms with Gasteiger partial charge in [0.15, 0.2) is 0 Å². The summed E-state index contributed by atoms with van der Waals surface area (Å²) in [4.78, 5) is 53.7. The minimum Gasteiger partial charge on any atom is -0.329 e. The topological polar surface area (TPSA) is 84.0 Å². The van der Waals surface area contributed by atoms with Crippen LogP contribution in [0.15, 0.2) is 0 Å². The molecule has 0 N–H and O–H groups in total. The minimum absolute atomic E-state index is 0.0630. The molecular formula is C15H22N2O5. The van der Waals surface area contributed by atoms with Crippen LogP contribution in [0.2, 0.25) is 0 Å². The van der Waals surface area contributed by atoms with Crippen LogP contribution >= 0.6 is 0 Å². The van der Waals surface area contributed by atoms with Crippen molar-refractivity contribution in [1.82, 2.24) is 9.96 Å².